The Balaban J connectivity index is 1.96. The van der Waals surface area contributed by atoms with Crippen molar-refractivity contribution in [2.45, 2.75) is 6.10 Å². The van der Waals surface area contributed by atoms with E-state index in [0.29, 0.717) is 12.3 Å². The van der Waals surface area contributed by atoms with E-state index in [1.807, 2.05) is 24.3 Å². The molecule has 1 heterocycles. The Bertz CT molecular complexity index is 511. The maximum Gasteiger partial charge on any atom is 0.134 e. The summed E-state index contributed by atoms with van der Waals surface area (Å²) in [5.41, 5.74) is 1.69. The van der Waals surface area contributed by atoms with Gasteiger partial charge in [-0.05, 0) is 30.3 Å². The number of aliphatic hydroxyl groups excluding tert-OH is 1. The van der Waals surface area contributed by atoms with E-state index < -0.39 is 6.10 Å². The molecule has 0 bridgehead atoms. The van der Waals surface area contributed by atoms with Crippen LogP contribution in [0.15, 0.2) is 47.1 Å². The van der Waals surface area contributed by atoms with E-state index >= 15 is 0 Å². The second kappa shape index (κ2) is 5.24. The number of nitrogens with one attached hydrogen (secondary N) is 1. The number of anilines is 1. The van der Waals surface area contributed by atoms with Crippen LogP contribution in [0.5, 0.6) is 0 Å². The highest BCUT2D eigenvalue weighted by Crippen LogP contribution is 2.15. The van der Waals surface area contributed by atoms with E-state index in [1.165, 1.54) is 6.26 Å². The molecule has 1 atom stereocenters. The molecule has 0 fully saturated rings. The first-order valence-corrected chi connectivity index (χ1v) is 5.31. The molecule has 0 radical (unpaired) electrons. The highest BCUT2D eigenvalue weighted by atomic mass is 16.4. The van der Waals surface area contributed by atoms with Gasteiger partial charge in [0, 0.05) is 17.8 Å². The molecule has 0 aliphatic heterocycles. The molecule has 0 aliphatic carbocycles. The number of hydrogen-bond donors (Lipinski definition) is 2. The van der Waals surface area contributed by atoms with Crippen molar-refractivity contribution < 1.29 is 9.52 Å². The van der Waals surface area contributed by atoms with Gasteiger partial charge in [-0.25, -0.2) is 0 Å². The van der Waals surface area contributed by atoms with Crippen molar-refractivity contribution in [3.8, 4) is 12.3 Å². The van der Waals surface area contributed by atoms with Crippen molar-refractivity contribution in [2.24, 2.45) is 0 Å². The number of furan rings is 1. The Morgan fingerprint density at radius 2 is 2.24 bits per heavy atom. The zero-order chi connectivity index (χ0) is 12.1. The molecule has 86 valence electrons. The summed E-state index contributed by atoms with van der Waals surface area (Å²) in [5.74, 6) is 3.11. The quantitative estimate of drug-likeness (QED) is 0.788. The fourth-order valence-corrected chi connectivity index (χ4v) is 1.51. The topological polar surface area (TPSA) is 45.4 Å². The van der Waals surface area contributed by atoms with Crippen molar-refractivity contribution in [1.29, 1.82) is 0 Å². The number of aliphatic hydroxyl groups is 1. The van der Waals surface area contributed by atoms with E-state index in [0.717, 1.165) is 11.3 Å². The third-order valence-electron chi connectivity index (χ3n) is 2.40. The summed E-state index contributed by atoms with van der Waals surface area (Å²) in [4.78, 5) is 0. The normalized spacial score (nSPS) is 11.8. The second-order valence-electron chi connectivity index (χ2n) is 3.64. The van der Waals surface area contributed by atoms with E-state index in [-0.39, 0.29) is 0 Å². The van der Waals surface area contributed by atoms with Crippen LogP contribution >= 0.6 is 0 Å². The standard InChI is InChI=1S/C14H13NO2/c1-2-11-5-3-6-12(9-11)15-10-13(16)14-7-4-8-17-14/h1,3-9,13,15-16H,10H2. The summed E-state index contributed by atoms with van der Waals surface area (Å²) < 4.78 is 5.11. The summed E-state index contributed by atoms with van der Waals surface area (Å²) in [7, 11) is 0. The molecule has 0 spiro atoms. The lowest BCUT2D eigenvalue weighted by molar-refractivity contribution is 0.162. The van der Waals surface area contributed by atoms with Crippen molar-refractivity contribution in [3.05, 3.63) is 54.0 Å². The summed E-state index contributed by atoms with van der Waals surface area (Å²) in [5, 5.41) is 12.9. The van der Waals surface area contributed by atoms with Crippen LogP contribution in [0.25, 0.3) is 0 Å². The minimum absolute atomic E-state index is 0.377. The van der Waals surface area contributed by atoms with Gasteiger partial charge in [0.25, 0.3) is 0 Å². The molecule has 3 heteroatoms. The lowest BCUT2D eigenvalue weighted by atomic mass is 10.2. The Kier molecular flexibility index (Phi) is 3.49. The van der Waals surface area contributed by atoms with Crippen LogP contribution in [-0.4, -0.2) is 11.7 Å². The maximum absolute atomic E-state index is 9.80. The fraction of sp³-hybridized carbons (Fsp3) is 0.143. The maximum atomic E-state index is 9.80. The highest BCUT2D eigenvalue weighted by molar-refractivity contribution is 5.50. The Labute approximate surface area is 100 Å². The van der Waals surface area contributed by atoms with Gasteiger partial charge in [0.15, 0.2) is 0 Å². The van der Waals surface area contributed by atoms with Crippen LogP contribution < -0.4 is 5.32 Å². The SMILES string of the molecule is C#Cc1cccc(NCC(O)c2ccco2)c1. The molecule has 1 unspecified atom stereocenters. The summed E-state index contributed by atoms with van der Waals surface area (Å²) in [6.07, 6.45) is 6.18. The molecule has 1 aromatic heterocycles. The number of hydrogen-bond acceptors (Lipinski definition) is 3. The van der Waals surface area contributed by atoms with Crippen molar-refractivity contribution in [2.75, 3.05) is 11.9 Å². The Morgan fingerprint density at radius 1 is 1.35 bits per heavy atom. The largest absolute Gasteiger partial charge is 0.467 e. The molecule has 0 aliphatic rings. The zero-order valence-electron chi connectivity index (χ0n) is 9.26. The van der Waals surface area contributed by atoms with Gasteiger partial charge in [0.1, 0.15) is 11.9 Å². The van der Waals surface area contributed by atoms with Gasteiger partial charge in [0.2, 0.25) is 0 Å². The molecule has 2 aromatic rings. The van der Waals surface area contributed by atoms with E-state index in [2.05, 4.69) is 11.2 Å². The highest BCUT2D eigenvalue weighted by Gasteiger charge is 2.09. The second-order valence-corrected chi connectivity index (χ2v) is 3.64. The molecule has 3 nitrogen and oxygen atoms in total. The number of rotatable bonds is 4. The molecule has 2 N–H and O–H groups in total. The Hall–Kier alpha value is -2.18. The third-order valence-corrected chi connectivity index (χ3v) is 2.40. The number of benzene rings is 1. The van der Waals surface area contributed by atoms with E-state index in [9.17, 15) is 5.11 Å². The molecule has 0 saturated carbocycles. The van der Waals surface area contributed by atoms with Gasteiger partial charge in [-0.1, -0.05) is 12.0 Å². The van der Waals surface area contributed by atoms with Crippen molar-refractivity contribution in [1.82, 2.24) is 0 Å². The Morgan fingerprint density at radius 3 is 2.94 bits per heavy atom. The molecular formula is C14H13NO2. The summed E-state index contributed by atoms with van der Waals surface area (Å²) in [6, 6.07) is 11.0. The summed E-state index contributed by atoms with van der Waals surface area (Å²) >= 11 is 0. The first-order valence-electron chi connectivity index (χ1n) is 5.31. The monoisotopic (exact) mass is 227 g/mol. The first kappa shape index (κ1) is 11.3. The molecular weight excluding hydrogens is 214 g/mol. The molecule has 1 aromatic carbocycles. The number of terminal acetylenes is 1. The van der Waals surface area contributed by atoms with Gasteiger partial charge in [0.05, 0.1) is 6.26 Å². The van der Waals surface area contributed by atoms with Crippen LogP contribution in [0.4, 0.5) is 5.69 Å². The van der Waals surface area contributed by atoms with Crippen molar-refractivity contribution in [3.63, 3.8) is 0 Å². The van der Waals surface area contributed by atoms with Crippen LogP contribution in [0.3, 0.4) is 0 Å². The van der Waals surface area contributed by atoms with Gasteiger partial charge < -0.3 is 14.8 Å². The average Bonchev–Trinajstić information content (AvgIpc) is 2.90. The smallest absolute Gasteiger partial charge is 0.134 e. The lowest BCUT2D eigenvalue weighted by Gasteiger charge is -2.10. The fourth-order valence-electron chi connectivity index (χ4n) is 1.51. The molecule has 0 saturated heterocycles. The minimum Gasteiger partial charge on any atom is -0.467 e. The third kappa shape index (κ3) is 2.90. The molecule has 0 amide bonds. The summed E-state index contributed by atoms with van der Waals surface area (Å²) in [6.45, 7) is 0.377. The predicted octanol–water partition coefficient (Wildman–Crippen LogP) is 2.41. The van der Waals surface area contributed by atoms with E-state index in [1.54, 1.807) is 12.1 Å². The van der Waals surface area contributed by atoms with Gasteiger partial charge in [-0.2, -0.15) is 0 Å². The molecule has 2 rings (SSSR count). The van der Waals surface area contributed by atoms with Crippen molar-refractivity contribution >= 4 is 5.69 Å². The van der Waals surface area contributed by atoms with Crippen LogP contribution in [0.2, 0.25) is 0 Å². The zero-order valence-corrected chi connectivity index (χ0v) is 9.26. The van der Waals surface area contributed by atoms with Gasteiger partial charge in [-0.15, -0.1) is 6.42 Å². The van der Waals surface area contributed by atoms with Gasteiger partial charge in [-0.3, -0.25) is 0 Å². The van der Waals surface area contributed by atoms with Crippen LogP contribution in [-0.2, 0) is 0 Å². The first-order chi connectivity index (χ1) is 8.29. The average molecular weight is 227 g/mol. The van der Waals surface area contributed by atoms with E-state index in [4.69, 9.17) is 10.8 Å². The predicted molar refractivity (Wildman–Crippen MR) is 66.5 cm³/mol. The minimum atomic E-state index is -0.667. The van der Waals surface area contributed by atoms with Gasteiger partial charge >= 0.3 is 0 Å². The van der Waals surface area contributed by atoms with Crippen LogP contribution in [0.1, 0.15) is 17.4 Å². The lowest BCUT2D eigenvalue weighted by Crippen LogP contribution is -2.11. The molecule has 17 heavy (non-hydrogen) atoms. The van der Waals surface area contributed by atoms with Crippen LogP contribution in [0, 0.1) is 12.3 Å².